The Morgan fingerprint density at radius 1 is 1.34 bits per heavy atom. The van der Waals surface area contributed by atoms with Crippen molar-refractivity contribution in [2.75, 3.05) is 26.8 Å². The second kappa shape index (κ2) is 9.34. The number of carbonyl (C=O) groups is 1. The molecule has 1 aromatic carbocycles. The molecule has 0 spiro atoms. The number of nitrogens with zero attached hydrogens (tertiary/aromatic N) is 1. The molecule has 1 N–H and O–H groups in total. The van der Waals surface area contributed by atoms with Crippen LogP contribution in [0.3, 0.4) is 0 Å². The van der Waals surface area contributed by atoms with Crippen LogP contribution >= 0.6 is 22.9 Å². The maximum atomic E-state index is 12.9. The van der Waals surface area contributed by atoms with E-state index in [0.29, 0.717) is 58.8 Å². The predicted octanol–water partition coefficient (Wildman–Crippen LogP) is 3.39. The number of halogens is 1. The summed E-state index contributed by atoms with van der Waals surface area (Å²) >= 11 is 7.45. The van der Waals surface area contributed by atoms with Gasteiger partial charge >= 0.3 is 0 Å². The minimum Gasteiger partial charge on any atom is -0.493 e. The van der Waals surface area contributed by atoms with Gasteiger partial charge < -0.3 is 14.4 Å². The molecular weight excluding hydrogens is 436 g/mol. The number of carbonyl (C=O) groups excluding carboxylic acids is 1. The van der Waals surface area contributed by atoms with Gasteiger partial charge in [0.25, 0.3) is 5.91 Å². The molecule has 10 heteroatoms. The number of sulfonamides is 1. The maximum absolute atomic E-state index is 12.9. The lowest BCUT2D eigenvalue weighted by Gasteiger charge is -2.32. The topological polar surface area (TPSA) is 84.9 Å². The van der Waals surface area contributed by atoms with Crippen LogP contribution in [0, 0.1) is 0 Å². The zero-order chi connectivity index (χ0) is 21.0. The van der Waals surface area contributed by atoms with Gasteiger partial charge in [0.1, 0.15) is 4.21 Å². The summed E-state index contributed by atoms with van der Waals surface area (Å²) < 4.78 is 38.6. The van der Waals surface area contributed by atoms with Crippen molar-refractivity contribution in [3.8, 4) is 11.5 Å². The van der Waals surface area contributed by atoms with Gasteiger partial charge in [0.2, 0.25) is 10.0 Å². The molecule has 2 heterocycles. The Morgan fingerprint density at radius 3 is 2.66 bits per heavy atom. The van der Waals surface area contributed by atoms with Gasteiger partial charge in [-0.15, -0.1) is 11.3 Å². The predicted molar refractivity (Wildman–Crippen MR) is 113 cm³/mol. The van der Waals surface area contributed by atoms with Gasteiger partial charge in [-0.05, 0) is 43.3 Å². The van der Waals surface area contributed by atoms with Gasteiger partial charge in [-0.3, -0.25) is 4.79 Å². The van der Waals surface area contributed by atoms with Crippen LogP contribution in [-0.2, 0) is 10.0 Å². The molecule has 1 fully saturated rings. The fraction of sp³-hybridized carbons (Fsp3) is 0.421. The fourth-order valence-corrected chi connectivity index (χ4v) is 5.78. The number of hydrogen-bond acceptors (Lipinski definition) is 6. The van der Waals surface area contributed by atoms with Crippen LogP contribution in [0.1, 0.15) is 30.1 Å². The molecule has 29 heavy (non-hydrogen) atoms. The summed E-state index contributed by atoms with van der Waals surface area (Å²) in [5, 5.41) is 2.04. The van der Waals surface area contributed by atoms with E-state index >= 15 is 0 Å². The van der Waals surface area contributed by atoms with E-state index in [1.165, 1.54) is 18.4 Å². The summed E-state index contributed by atoms with van der Waals surface area (Å²) in [7, 11) is -2.02. The second-order valence-corrected chi connectivity index (χ2v) is 9.84. The Bertz CT molecular complexity index is 955. The molecule has 2 aromatic rings. The SMILES string of the molecule is CCOc1c(Cl)cc(C(=O)N2CCC(NS(=O)(=O)c3cccs3)CC2)cc1OC. The summed E-state index contributed by atoms with van der Waals surface area (Å²) in [5.74, 6) is 0.643. The molecule has 3 rings (SSSR count). The van der Waals surface area contributed by atoms with E-state index in [9.17, 15) is 13.2 Å². The smallest absolute Gasteiger partial charge is 0.254 e. The van der Waals surface area contributed by atoms with E-state index in [1.54, 1.807) is 34.5 Å². The third-order valence-electron chi connectivity index (χ3n) is 4.63. The Morgan fingerprint density at radius 2 is 2.07 bits per heavy atom. The Balaban J connectivity index is 1.65. The van der Waals surface area contributed by atoms with E-state index < -0.39 is 10.0 Å². The number of benzene rings is 1. The molecule has 158 valence electrons. The standard InChI is InChI=1S/C19H23ClN2O5S2/c1-3-27-18-15(20)11-13(12-16(18)26-2)19(23)22-8-6-14(7-9-22)21-29(24,25)17-5-4-10-28-17/h4-5,10-12,14,21H,3,6-9H2,1-2H3. The average Bonchev–Trinajstić information content (AvgIpc) is 3.25. The van der Waals surface area contributed by atoms with Gasteiger partial charge in [-0.1, -0.05) is 17.7 Å². The first-order valence-electron chi connectivity index (χ1n) is 9.21. The van der Waals surface area contributed by atoms with Crippen LogP contribution in [0.2, 0.25) is 5.02 Å². The minimum atomic E-state index is -3.51. The van der Waals surface area contributed by atoms with Crippen molar-refractivity contribution in [2.24, 2.45) is 0 Å². The van der Waals surface area contributed by atoms with E-state index in [2.05, 4.69) is 4.72 Å². The number of likely N-dealkylation sites (tertiary alicyclic amines) is 1. The lowest BCUT2D eigenvalue weighted by molar-refractivity contribution is 0.0711. The zero-order valence-corrected chi connectivity index (χ0v) is 18.6. The molecule has 7 nitrogen and oxygen atoms in total. The molecule has 0 atom stereocenters. The molecule has 1 amide bonds. The quantitative estimate of drug-likeness (QED) is 0.687. The molecule has 1 aromatic heterocycles. The first kappa shape index (κ1) is 21.9. The van der Waals surface area contributed by atoms with Crippen LogP contribution in [0.15, 0.2) is 33.9 Å². The van der Waals surface area contributed by atoms with Gasteiger partial charge in [0.05, 0.1) is 18.7 Å². The highest BCUT2D eigenvalue weighted by atomic mass is 35.5. The summed E-state index contributed by atoms with van der Waals surface area (Å²) in [6.45, 7) is 3.16. The van der Waals surface area contributed by atoms with Gasteiger partial charge in [-0.25, -0.2) is 13.1 Å². The molecule has 1 saturated heterocycles. The Kier molecular flexibility index (Phi) is 7.05. The highest BCUT2D eigenvalue weighted by Gasteiger charge is 2.28. The van der Waals surface area contributed by atoms with Crippen molar-refractivity contribution in [1.29, 1.82) is 0 Å². The molecular formula is C19H23ClN2O5S2. The van der Waals surface area contributed by atoms with E-state index in [4.69, 9.17) is 21.1 Å². The third kappa shape index (κ3) is 5.03. The lowest BCUT2D eigenvalue weighted by atomic mass is 10.0. The molecule has 0 radical (unpaired) electrons. The van der Waals surface area contributed by atoms with E-state index in [0.717, 1.165) is 0 Å². The highest BCUT2D eigenvalue weighted by Crippen LogP contribution is 2.37. The highest BCUT2D eigenvalue weighted by molar-refractivity contribution is 7.91. The van der Waals surface area contributed by atoms with Crippen molar-refractivity contribution in [3.05, 3.63) is 40.2 Å². The lowest BCUT2D eigenvalue weighted by Crippen LogP contribution is -2.46. The van der Waals surface area contributed by atoms with Crippen LogP contribution < -0.4 is 14.2 Å². The number of piperidine rings is 1. The number of amides is 1. The van der Waals surface area contributed by atoms with E-state index in [1.807, 2.05) is 6.92 Å². The Hall–Kier alpha value is -1.81. The van der Waals surface area contributed by atoms with Crippen LogP contribution in [0.4, 0.5) is 0 Å². The average molecular weight is 459 g/mol. The first-order valence-corrected chi connectivity index (χ1v) is 11.9. The van der Waals surface area contributed by atoms with Crippen molar-refractivity contribution >= 4 is 38.9 Å². The second-order valence-electron chi connectivity index (χ2n) is 6.54. The summed E-state index contributed by atoms with van der Waals surface area (Å²) in [5.41, 5.74) is 0.410. The van der Waals surface area contributed by atoms with Crippen molar-refractivity contribution < 1.29 is 22.7 Å². The van der Waals surface area contributed by atoms with E-state index in [-0.39, 0.29) is 11.9 Å². The normalized spacial score (nSPS) is 15.3. The van der Waals surface area contributed by atoms with Crippen molar-refractivity contribution in [3.63, 3.8) is 0 Å². The van der Waals surface area contributed by atoms with Crippen LogP contribution in [0.5, 0.6) is 11.5 Å². The monoisotopic (exact) mass is 458 g/mol. The largest absolute Gasteiger partial charge is 0.493 e. The third-order valence-corrected chi connectivity index (χ3v) is 7.83. The number of rotatable bonds is 7. The van der Waals surface area contributed by atoms with Crippen LogP contribution in [0.25, 0.3) is 0 Å². The molecule has 0 unspecified atom stereocenters. The maximum Gasteiger partial charge on any atom is 0.254 e. The van der Waals surface area contributed by atoms with Crippen molar-refractivity contribution in [2.45, 2.75) is 30.0 Å². The summed E-state index contributed by atoms with van der Waals surface area (Å²) in [6.07, 6.45) is 1.08. The zero-order valence-electron chi connectivity index (χ0n) is 16.2. The van der Waals surface area contributed by atoms with Gasteiger partial charge in [0, 0.05) is 24.7 Å². The first-order chi connectivity index (χ1) is 13.9. The number of nitrogens with one attached hydrogen (secondary N) is 1. The van der Waals surface area contributed by atoms with Gasteiger partial charge in [0.15, 0.2) is 11.5 Å². The number of thiophene rings is 1. The molecule has 1 aliphatic rings. The number of ether oxygens (including phenoxy) is 2. The number of methoxy groups -OCH3 is 1. The molecule has 0 saturated carbocycles. The van der Waals surface area contributed by atoms with Gasteiger partial charge in [-0.2, -0.15) is 0 Å². The summed E-state index contributed by atoms with van der Waals surface area (Å²) in [4.78, 5) is 14.6. The summed E-state index contributed by atoms with van der Waals surface area (Å²) in [6, 6.07) is 6.27. The molecule has 0 bridgehead atoms. The fourth-order valence-electron chi connectivity index (χ4n) is 3.20. The minimum absolute atomic E-state index is 0.173. The van der Waals surface area contributed by atoms with Crippen molar-refractivity contribution in [1.82, 2.24) is 9.62 Å². The molecule has 0 aliphatic carbocycles. The Labute approximate surface area is 179 Å². The van der Waals surface area contributed by atoms with Crippen LogP contribution in [-0.4, -0.2) is 52.1 Å². The number of hydrogen-bond donors (Lipinski definition) is 1. The molecule has 1 aliphatic heterocycles.